The van der Waals surface area contributed by atoms with Crippen LogP contribution in [0.5, 0.6) is 17.2 Å². The molecular formula is C19H30O4. The van der Waals surface area contributed by atoms with E-state index >= 15 is 0 Å². The smallest absolute Gasteiger partial charge is 0.203 e. The van der Waals surface area contributed by atoms with Gasteiger partial charge in [-0.15, -0.1) is 0 Å². The molecule has 130 valence electrons. The van der Waals surface area contributed by atoms with Crippen LogP contribution in [0.3, 0.4) is 0 Å². The fourth-order valence-corrected chi connectivity index (χ4v) is 2.68. The predicted octanol–water partition coefficient (Wildman–Crippen LogP) is 4.75. The Morgan fingerprint density at radius 1 is 0.957 bits per heavy atom. The minimum atomic E-state index is 0.220. The molecule has 4 nitrogen and oxygen atoms in total. The number of carbonyl (C=O) groups is 1. The summed E-state index contributed by atoms with van der Waals surface area (Å²) in [5.74, 6) is 2.64. The zero-order valence-electron chi connectivity index (χ0n) is 15.1. The van der Waals surface area contributed by atoms with Gasteiger partial charge in [0.25, 0.3) is 0 Å². The highest BCUT2D eigenvalue weighted by molar-refractivity contribution is 5.75. The molecule has 0 N–H and O–H groups in total. The number of ketones is 1. The van der Waals surface area contributed by atoms with Crippen LogP contribution < -0.4 is 14.2 Å². The lowest BCUT2D eigenvalue weighted by molar-refractivity contribution is -0.117. The summed E-state index contributed by atoms with van der Waals surface area (Å²) in [4.78, 5) is 11.3. The maximum Gasteiger partial charge on any atom is 0.203 e. The molecule has 4 heteroatoms. The Morgan fingerprint density at radius 2 is 1.57 bits per heavy atom. The molecule has 0 saturated heterocycles. The number of ether oxygens (including phenoxy) is 3. The van der Waals surface area contributed by atoms with Crippen molar-refractivity contribution in [1.82, 2.24) is 0 Å². The van der Waals surface area contributed by atoms with Crippen LogP contribution in [-0.2, 0) is 4.79 Å². The fraction of sp³-hybridized carbons (Fsp3) is 0.632. The fourth-order valence-electron chi connectivity index (χ4n) is 2.68. The first-order valence-corrected chi connectivity index (χ1v) is 8.63. The molecule has 1 rings (SSSR count). The van der Waals surface area contributed by atoms with Crippen LogP contribution in [0, 0.1) is 0 Å². The number of carbonyl (C=O) groups excluding carboxylic acids is 1. The zero-order chi connectivity index (χ0) is 17.2. The third kappa shape index (κ3) is 5.45. The zero-order valence-corrected chi connectivity index (χ0v) is 15.1. The highest BCUT2D eigenvalue weighted by atomic mass is 16.5. The molecule has 0 aliphatic carbocycles. The lowest BCUT2D eigenvalue weighted by Crippen LogP contribution is -2.08. The van der Waals surface area contributed by atoms with Crippen LogP contribution in [0.25, 0.3) is 0 Å². The van der Waals surface area contributed by atoms with Crippen molar-refractivity contribution in [3.8, 4) is 17.2 Å². The van der Waals surface area contributed by atoms with Gasteiger partial charge in [-0.1, -0.05) is 13.0 Å². The van der Waals surface area contributed by atoms with Crippen LogP contribution in [-0.4, -0.2) is 25.6 Å². The summed E-state index contributed by atoms with van der Waals surface area (Å²) in [6, 6.07) is 4.00. The molecule has 1 aromatic carbocycles. The molecule has 0 amide bonds. The minimum Gasteiger partial charge on any atom is -0.490 e. The summed E-state index contributed by atoms with van der Waals surface area (Å²) in [6.07, 6.45) is 2.36. The van der Waals surface area contributed by atoms with E-state index in [2.05, 4.69) is 6.92 Å². The second-order valence-corrected chi connectivity index (χ2v) is 5.46. The van der Waals surface area contributed by atoms with Crippen molar-refractivity contribution in [1.29, 1.82) is 0 Å². The molecule has 1 unspecified atom stereocenters. The van der Waals surface area contributed by atoms with Crippen LogP contribution in [0.1, 0.15) is 65.4 Å². The van der Waals surface area contributed by atoms with E-state index in [-0.39, 0.29) is 11.7 Å². The molecule has 1 aromatic rings. The van der Waals surface area contributed by atoms with E-state index in [1.165, 1.54) is 0 Å². The van der Waals surface area contributed by atoms with Gasteiger partial charge in [0.05, 0.1) is 19.8 Å². The highest BCUT2D eigenvalue weighted by Gasteiger charge is 2.22. The summed E-state index contributed by atoms with van der Waals surface area (Å²) in [5, 5.41) is 0. The monoisotopic (exact) mass is 322 g/mol. The maximum atomic E-state index is 11.3. The summed E-state index contributed by atoms with van der Waals surface area (Å²) < 4.78 is 17.4. The third-order valence-electron chi connectivity index (χ3n) is 3.76. The second-order valence-electron chi connectivity index (χ2n) is 5.46. The van der Waals surface area contributed by atoms with Crippen molar-refractivity contribution in [3.05, 3.63) is 17.7 Å². The summed E-state index contributed by atoms with van der Waals surface area (Å²) >= 11 is 0. The van der Waals surface area contributed by atoms with Crippen molar-refractivity contribution in [2.24, 2.45) is 0 Å². The molecule has 0 fully saturated rings. The molecule has 0 aromatic heterocycles. The summed E-state index contributed by atoms with van der Waals surface area (Å²) in [7, 11) is 0. The SMILES string of the molecule is CCOc1ccc(C(CC)CCC(C)=O)c(OCC)c1OCC. The molecular weight excluding hydrogens is 292 g/mol. The van der Waals surface area contributed by atoms with Crippen molar-refractivity contribution in [3.63, 3.8) is 0 Å². The van der Waals surface area contributed by atoms with Crippen LogP contribution in [0.4, 0.5) is 0 Å². The maximum absolute atomic E-state index is 11.3. The van der Waals surface area contributed by atoms with Gasteiger partial charge in [0.2, 0.25) is 5.75 Å². The Hall–Kier alpha value is -1.71. The molecule has 0 aliphatic rings. The van der Waals surface area contributed by atoms with Gasteiger partial charge < -0.3 is 19.0 Å². The number of rotatable bonds is 11. The normalized spacial score (nSPS) is 11.9. The van der Waals surface area contributed by atoms with Crippen molar-refractivity contribution < 1.29 is 19.0 Å². The van der Waals surface area contributed by atoms with Crippen LogP contribution in [0.2, 0.25) is 0 Å². The van der Waals surface area contributed by atoms with Gasteiger partial charge >= 0.3 is 0 Å². The number of Topliss-reactive ketones (excluding diaryl/α,β-unsaturated/α-hetero) is 1. The Bertz CT molecular complexity index is 496. The lowest BCUT2D eigenvalue weighted by Gasteiger charge is -2.23. The third-order valence-corrected chi connectivity index (χ3v) is 3.76. The summed E-state index contributed by atoms with van der Waals surface area (Å²) in [6.45, 7) is 11.3. The molecule has 0 radical (unpaired) electrons. The minimum absolute atomic E-state index is 0.220. The number of hydrogen-bond acceptors (Lipinski definition) is 4. The Morgan fingerprint density at radius 3 is 2.09 bits per heavy atom. The average molecular weight is 322 g/mol. The van der Waals surface area contributed by atoms with Gasteiger partial charge in [-0.3, -0.25) is 0 Å². The second kappa shape index (κ2) is 10.1. The molecule has 0 aliphatic heterocycles. The molecule has 23 heavy (non-hydrogen) atoms. The molecule has 0 bridgehead atoms. The van der Waals surface area contributed by atoms with E-state index in [9.17, 15) is 4.79 Å². The molecule has 0 heterocycles. The van der Waals surface area contributed by atoms with Gasteiger partial charge in [-0.05, 0) is 52.5 Å². The van der Waals surface area contributed by atoms with E-state index in [0.717, 1.165) is 24.2 Å². The van der Waals surface area contributed by atoms with E-state index in [0.29, 0.717) is 37.7 Å². The summed E-state index contributed by atoms with van der Waals surface area (Å²) in [5.41, 5.74) is 1.10. The largest absolute Gasteiger partial charge is 0.490 e. The lowest BCUT2D eigenvalue weighted by atomic mass is 9.90. The predicted molar refractivity (Wildman–Crippen MR) is 92.9 cm³/mol. The van der Waals surface area contributed by atoms with Crippen LogP contribution >= 0.6 is 0 Å². The van der Waals surface area contributed by atoms with E-state index < -0.39 is 0 Å². The van der Waals surface area contributed by atoms with Gasteiger partial charge in [-0.2, -0.15) is 0 Å². The molecule has 0 saturated carbocycles. The first kappa shape index (κ1) is 19.3. The van der Waals surface area contributed by atoms with Crippen molar-refractivity contribution in [2.45, 2.75) is 59.8 Å². The van der Waals surface area contributed by atoms with Gasteiger partial charge in [0.1, 0.15) is 5.78 Å². The average Bonchev–Trinajstić information content (AvgIpc) is 2.52. The van der Waals surface area contributed by atoms with E-state index in [1.807, 2.05) is 32.9 Å². The van der Waals surface area contributed by atoms with Crippen molar-refractivity contribution in [2.75, 3.05) is 19.8 Å². The molecule has 1 atom stereocenters. The first-order valence-electron chi connectivity index (χ1n) is 8.63. The Balaban J connectivity index is 3.27. The quantitative estimate of drug-likeness (QED) is 0.590. The van der Waals surface area contributed by atoms with Gasteiger partial charge in [0.15, 0.2) is 11.5 Å². The van der Waals surface area contributed by atoms with Crippen LogP contribution in [0.15, 0.2) is 12.1 Å². The Labute approximate surface area is 140 Å². The van der Waals surface area contributed by atoms with Crippen molar-refractivity contribution >= 4 is 5.78 Å². The standard InChI is InChI=1S/C19H30O4/c1-6-15(11-10-14(5)20)16-12-13-17(21-7-2)19(23-9-4)18(16)22-8-3/h12-13,15H,6-11H2,1-5H3. The van der Waals surface area contributed by atoms with Gasteiger partial charge in [0, 0.05) is 12.0 Å². The Kier molecular flexibility index (Phi) is 8.52. The number of benzene rings is 1. The highest BCUT2D eigenvalue weighted by Crippen LogP contribution is 2.45. The molecule has 0 spiro atoms. The van der Waals surface area contributed by atoms with Gasteiger partial charge in [-0.25, -0.2) is 0 Å². The van der Waals surface area contributed by atoms with E-state index in [4.69, 9.17) is 14.2 Å². The number of hydrogen-bond donors (Lipinski definition) is 0. The first-order chi connectivity index (χ1) is 11.1. The topological polar surface area (TPSA) is 44.8 Å². The van der Waals surface area contributed by atoms with E-state index in [1.54, 1.807) is 6.92 Å².